The normalized spacial score (nSPS) is 15.3. The smallest absolute Gasteiger partial charge is 0.317 e. The van der Waals surface area contributed by atoms with E-state index >= 15 is 0 Å². The van der Waals surface area contributed by atoms with E-state index < -0.39 is 42.5 Å². The number of sulfone groups is 1. The van der Waals surface area contributed by atoms with E-state index in [1.54, 1.807) is 34.5 Å². The Morgan fingerprint density at radius 2 is 1.38 bits per heavy atom. The number of nitrogens with zero attached hydrogens (tertiary/aromatic N) is 5. The maximum Gasteiger partial charge on any atom is 0.317 e. The number of sulfonamides is 1. The fourth-order valence-corrected chi connectivity index (χ4v) is 14.6. The van der Waals surface area contributed by atoms with Gasteiger partial charge in [-0.25, -0.2) is 30.9 Å². The molecule has 2 aliphatic carbocycles. The van der Waals surface area contributed by atoms with Gasteiger partial charge in [-0.15, -0.1) is 0 Å². The maximum atomic E-state index is 13.5. The number of methoxy groups -OCH3 is 1. The number of fused-ring (bicyclic) bond motifs is 1. The summed E-state index contributed by atoms with van der Waals surface area (Å²) in [7, 11) is -4.69. The molecule has 11 rings (SSSR count). The van der Waals surface area contributed by atoms with Crippen LogP contribution in [0.5, 0.6) is 11.6 Å². The summed E-state index contributed by atoms with van der Waals surface area (Å²) in [5, 5.41) is 23.9. The lowest BCUT2D eigenvalue weighted by Crippen LogP contribution is -2.31. The molecule has 4 N–H and O–H groups in total. The van der Waals surface area contributed by atoms with Crippen molar-refractivity contribution in [3.63, 3.8) is 0 Å². The monoisotopic (exact) mass is 1470 g/mol. The Hall–Kier alpha value is -9.99. The fraction of sp³-hybridized carbons (Fsp3) is 0.416. The van der Waals surface area contributed by atoms with E-state index in [2.05, 4.69) is 86.5 Å². The van der Waals surface area contributed by atoms with Crippen LogP contribution >= 0.6 is 0 Å². The van der Waals surface area contributed by atoms with Crippen molar-refractivity contribution in [3.8, 4) is 22.8 Å². The number of aryl methyl sites for hydroxylation is 7. The van der Waals surface area contributed by atoms with Gasteiger partial charge in [0.1, 0.15) is 35.8 Å². The highest BCUT2D eigenvalue weighted by atomic mass is 32.2. The van der Waals surface area contributed by atoms with Gasteiger partial charge < -0.3 is 39.4 Å². The minimum Gasteiger partial charge on any atom is -0.511 e. The number of ether oxygens (including phenoxy) is 3. The van der Waals surface area contributed by atoms with Crippen LogP contribution in [0.3, 0.4) is 0 Å². The van der Waals surface area contributed by atoms with Crippen LogP contribution in [0.2, 0.25) is 0 Å². The number of aromatic nitrogens is 4. The Labute approximate surface area is 606 Å². The summed E-state index contributed by atoms with van der Waals surface area (Å²) in [4.78, 5) is 98.1. The van der Waals surface area contributed by atoms with Crippen LogP contribution in [0.25, 0.3) is 11.1 Å². The zero-order chi connectivity index (χ0) is 76.3. The standard InChI is InChI=1S/C23H32N2O4.C20H27NO3.C18H18N2O5S.C16H17N3O5S/c1-7-16-13-15(3)14-17(8-2)18(16)19-20(26)24-9-11-28-12-10-25(24)21(19)29-22(27)23(4,5)6;1-6-16(21-24-7-2)20-17(22)10-15(11-18(20)23)19-13(4)8-12(3)9-14(19)5;1-25-16-5-3-2-4-15(16)18(22)20-26(23,24)14-10-6-12(7-11-14)17(21)19-13-8-9-13;1-9-10(15(20)11-8-17-19(2)16(11)21)4-5-13(25(3,22)23)14(9)12-6-7-24-18-12/h13-14H,7-12H2,1-6H3;8-9,15,22H,6-7,10-11H2,1-5H3;2-7,10-11,13H,8-9H2,1H3,(H,19,21)(H,20,22);4-5,8,17H,6-7H2,1-3H3/b;21-16+;;. The number of aromatic amines is 1. The number of carbonyl (C=O) groups is 5. The number of aliphatic hydroxyl groups is 1. The predicted molar refractivity (Wildman–Crippen MR) is 396 cm³/mol. The SMILES string of the molecule is CCO/N=C(\CC)C1=C(O)CC(c2c(C)cc(C)cc2C)CC1=O.CCc1cc(C)cc(CC)c1-c1c(OC(=O)C(C)(C)C)n2n(c1=O)CCOCC2.COc1ccccc1C(=O)NS(=O)(=O)c1ccc(C(=O)NC2CC2)cc1.Cc1c(C(=O)c2c[nH]n(C)c2=O)ccc(S(C)(=O)=O)c1C1=NOCC1. The summed E-state index contributed by atoms with van der Waals surface area (Å²) in [6.45, 7) is 26.0. The highest BCUT2D eigenvalue weighted by molar-refractivity contribution is 7.91. The van der Waals surface area contributed by atoms with Gasteiger partial charge in [-0.2, -0.15) is 0 Å². The van der Waals surface area contributed by atoms with Crippen molar-refractivity contribution in [2.45, 2.75) is 169 Å². The van der Waals surface area contributed by atoms with Crippen molar-refractivity contribution in [3.05, 3.63) is 195 Å². The third kappa shape index (κ3) is 18.7. The first-order valence-electron chi connectivity index (χ1n) is 34.6. The van der Waals surface area contributed by atoms with E-state index in [-0.39, 0.29) is 73.2 Å². The number of para-hydroxylation sites is 1. The Kier molecular flexibility index (Phi) is 26.1. The molecule has 5 aromatic carbocycles. The van der Waals surface area contributed by atoms with Crippen LogP contribution in [-0.4, -0.2) is 128 Å². The summed E-state index contributed by atoms with van der Waals surface area (Å²) in [5.74, 6) is -1.15. The van der Waals surface area contributed by atoms with E-state index in [0.29, 0.717) is 110 Å². The van der Waals surface area contributed by atoms with E-state index in [4.69, 9.17) is 23.9 Å². The second-order valence-corrected chi connectivity index (χ2v) is 30.6. The number of amides is 2. The lowest BCUT2D eigenvalue weighted by Gasteiger charge is -2.27. The Balaban J connectivity index is 0.000000176. The second kappa shape index (κ2) is 34.1. The molecule has 1 unspecified atom stereocenters. The molecule has 4 heterocycles. The molecule has 0 radical (unpaired) electrons. The summed E-state index contributed by atoms with van der Waals surface area (Å²) in [6.07, 6.45) is 7.84. The van der Waals surface area contributed by atoms with E-state index in [0.717, 1.165) is 48.6 Å². The topological polar surface area (TPSA) is 334 Å². The first kappa shape index (κ1) is 79.7. The molecule has 2 aliphatic heterocycles. The average molecular weight is 1470 g/mol. The summed E-state index contributed by atoms with van der Waals surface area (Å²) in [6, 6.07) is 23.3. The van der Waals surface area contributed by atoms with Crippen molar-refractivity contribution in [2.24, 2.45) is 22.8 Å². The van der Waals surface area contributed by atoms with Crippen molar-refractivity contribution in [1.82, 2.24) is 29.2 Å². The molecule has 2 aromatic heterocycles. The number of nitrogens with one attached hydrogen (secondary N) is 3. The Morgan fingerprint density at radius 1 is 0.750 bits per heavy atom. The number of benzene rings is 5. The number of allylic oxidation sites excluding steroid dienone is 2. The van der Waals surface area contributed by atoms with Crippen molar-refractivity contribution in [1.29, 1.82) is 0 Å². The Morgan fingerprint density at radius 3 is 1.91 bits per heavy atom. The first-order chi connectivity index (χ1) is 49.2. The molecule has 2 amide bonds. The van der Waals surface area contributed by atoms with Gasteiger partial charge in [-0.3, -0.25) is 38.2 Å². The highest BCUT2D eigenvalue weighted by Crippen LogP contribution is 2.40. The molecule has 7 aromatic rings. The molecule has 27 heteroatoms. The molecule has 556 valence electrons. The number of ketones is 2. The first-order valence-corrected chi connectivity index (χ1v) is 38.0. The highest BCUT2D eigenvalue weighted by Gasteiger charge is 2.35. The fourth-order valence-electron chi connectivity index (χ4n) is 12.7. The van der Waals surface area contributed by atoms with Crippen LogP contribution in [0.1, 0.15) is 180 Å². The number of hydrogen-bond donors (Lipinski definition) is 4. The van der Waals surface area contributed by atoms with Crippen LogP contribution < -0.4 is 30.6 Å². The minimum absolute atomic E-state index is 0.00623. The van der Waals surface area contributed by atoms with Gasteiger partial charge in [-0.1, -0.05) is 78.6 Å². The molecule has 1 saturated carbocycles. The molecule has 25 nitrogen and oxygen atoms in total. The van der Waals surface area contributed by atoms with E-state index in [1.165, 1.54) is 95.3 Å². The third-order valence-electron chi connectivity index (χ3n) is 17.9. The van der Waals surface area contributed by atoms with Gasteiger partial charge in [0.15, 0.2) is 21.4 Å². The third-order valence-corrected chi connectivity index (χ3v) is 20.4. The maximum absolute atomic E-state index is 13.5. The van der Waals surface area contributed by atoms with Gasteiger partial charge in [0.2, 0.25) is 5.88 Å². The number of Topliss-reactive ketones (excluding diaryl/α,β-unsaturated/α-hetero) is 1. The predicted octanol–water partition coefficient (Wildman–Crippen LogP) is 10.9. The molecular formula is C77H94N8O17S2. The molecule has 0 saturated heterocycles. The zero-order valence-corrected chi connectivity index (χ0v) is 63.4. The van der Waals surface area contributed by atoms with Crippen molar-refractivity contribution >= 4 is 60.6 Å². The van der Waals surface area contributed by atoms with Crippen LogP contribution in [0.4, 0.5) is 0 Å². The average Bonchev–Trinajstić information content (AvgIpc) is 1.56. The molecule has 4 aliphatic rings. The van der Waals surface area contributed by atoms with Crippen LogP contribution in [-0.2, 0) is 76.8 Å². The summed E-state index contributed by atoms with van der Waals surface area (Å²) >= 11 is 0. The van der Waals surface area contributed by atoms with E-state index in [9.17, 15) is 55.5 Å². The minimum atomic E-state index is -4.07. The zero-order valence-electron chi connectivity index (χ0n) is 61.7. The molecule has 1 atom stereocenters. The van der Waals surface area contributed by atoms with Crippen LogP contribution in [0.15, 0.2) is 132 Å². The molecule has 1 fully saturated rings. The van der Waals surface area contributed by atoms with Crippen LogP contribution in [0, 0.1) is 40.0 Å². The van der Waals surface area contributed by atoms with Crippen molar-refractivity contribution < 1.29 is 69.8 Å². The number of carbonyl (C=O) groups excluding carboxylic acids is 5. The number of oxime groups is 2. The van der Waals surface area contributed by atoms with Gasteiger partial charge in [0.25, 0.3) is 33.0 Å². The van der Waals surface area contributed by atoms with Gasteiger partial charge >= 0.3 is 5.97 Å². The van der Waals surface area contributed by atoms with Gasteiger partial charge in [0, 0.05) is 61.5 Å². The summed E-state index contributed by atoms with van der Waals surface area (Å²) in [5.41, 5.74) is 11.2. The number of rotatable bonds is 19. The molecule has 0 bridgehead atoms. The largest absolute Gasteiger partial charge is 0.511 e. The number of aliphatic hydroxyl groups excluding tert-OH is 1. The molecular weight excluding hydrogens is 1370 g/mol. The number of hydrogen-bond acceptors (Lipinski definition) is 19. The van der Waals surface area contributed by atoms with E-state index in [1.807, 2.05) is 39.3 Å². The van der Waals surface area contributed by atoms with Gasteiger partial charge in [-0.05, 0) is 188 Å². The lowest BCUT2D eigenvalue weighted by molar-refractivity contribution is -0.143. The number of esters is 1. The lowest BCUT2D eigenvalue weighted by atomic mass is 9.78. The number of H-pyrrole nitrogens is 1. The molecule has 104 heavy (non-hydrogen) atoms. The Bertz CT molecular complexity index is 4840. The quantitative estimate of drug-likeness (QED) is 0.0253. The van der Waals surface area contributed by atoms with Crippen molar-refractivity contribution in [2.75, 3.05) is 39.8 Å². The van der Waals surface area contributed by atoms with Gasteiger partial charge in [0.05, 0.1) is 71.2 Å². The second-order valence-electron chi connectivity index (χ2n) is 26.9. The molecule has 0 spiro atoms. The summed E-state index contributed by atoms with van der Waals surface area (Å²) < 4.78 is 72.3.